The van der Waals surface area contributed by atoms with Crippen LogP contribution in [0.25, 0.3) is 0 Å². The van der Waals surface area contributed by atoms with Crippen molar-refractivity contribution in [2.24, 2.45) is 17.8 Å². The predicted molar refractivity (Wildman–Crippen MR) is 123 cm³/mol. The Balaban J connectivity index is 1.29. The van der Waals surface area contributed by atoms with Gasteiger partial charge in [0.15, 0.2) is 0 Å². The highest BCUT2D eigenvalue weighted by molar-refractivity contribution is 7.99. The van der Waals surface area contributed by atoms with Crippen molar-refractivity contribution in [3.63, 3.8) is 0 Å². The van der Waals surface area contributed by atoms with Crippen LogP contribution in [0.2, 0.25) is 0 Å². The van der Waals surface area contributed by atoms with E-state index in [0.717, 1.165) is 33.2 Å². The van der Waals surface area contributed by atoms with Crippen LogP contribution in [0.3, 0.4) is 0 Å². The fourth-order valence-electron chi connectivity index (χ4n) is 6.13. The molecule has 5 heteroatoms. The van der Waals surface area contributed by atoms with Crippen molar-refractivity contribution in [3.8, 4) is 6.07 Å². The molecular weight excluding hydrogens is 402 g/mol. The number of carbonyl (C=O) groups is 1. The summed E-state index contributed by atoms with van der Waals surface area (Å²) in [5.41, 5.74) is 0.936. The largest absolute Gasteiger partial charge is 0.384 e. The van der Waals surface area contributed by atoms with Gasteiger partial charge in [-0.25, -0.2) is 0 Å². The second kappa shape index (κ2) is 8.43. The van der Waals surface area contributed by atoms with Gasteiger partial charge in [0, 0.05) is 21.5 Å². The SMILES string of the molecule is N#C/C(=C/NC12CC3CC(CC(C3)C1)C2)C(=O)Nc1ccccc1Sc1ccccc1. The summed E-state index contributed by atoms with van der Waals surface area (Å²) in [4.78, 5) is 15.0. The monoisotopic (exact) mass is 429 g/mol. The van der Waals surface area contributed by atoms with Crippen molar-refractivity contribution < 1.29 is 4.79 Å². The maximum Gasteiger partial charge on any atom is 0.267 e. The summed E-state index contributed by atoms with van der Waals surface area (Å²) < 4.78 is 0. The smallest absolute Gasteiger partial charge is 0.267 e. The van der Waals surface area contributed by atoms with Gasteiger partial charge in [-0.3, -0.25) is 4.79 Å². The fourth-order valence-corrected chi connectivity index (χ4v) is 7.05. The number of benzene rings is 2. The fraction of sp³-hybridized carbons (Fsp3) is 0.385. The zero-order chi connectivity index (χ0) is 21.3. The molecule has 0 aliphatic heterocycles. The zero-order valence-electron chi connectivity index (χ0n) is 17.5. The van der Waals surface area contributed by atoms with E-state index in [2.05, 4.69) is 16.7 Å². The van der Waals surface area contributed by atoms with Crippen LogP contribution >= 0.6 is 11.8 Å². The van der Waals surface area contributed by atoms with Gasteiger partial charge in [-0.15, -0.1) is 0 Å². The number of amides is 1. The van der Waals surface area contributed by atoms with Gasteiger partial charge in [0.05, 0.1) is 5.69 Å². The molecule has 0 spiro atoms. The Hall–Kier alpha value is -2.71. The number of nitriles is 1. The first-order chi connectivity index (χ1) is 15.1. The molecule has 4 aliphatic rings. The Kier molecular flexibility index (Phi) is 5.50. The molecule has 4 fully saturated rings. The number of nitrogens with one attached hydrogen (secondary N) is 2. The molecule has 0 heterocycles. The average Bonchev–Trinajstić information content (AvgIpc) is 2.75. The lowest BCUT2D eigenvalue weighted by Gasteiger charge is -2.56. The van der Waals surface area contributed by atoms with Gasteiger partial charge in [0.1, 0.15) is 11.6 Å². The Morgan fingerprint density at radius 2 is 1.58 bits per heavy atom. The molecule has 0 unspecified atom stereocenters. The maximum atomic E-state index is 12.9. The number of para-hydroxylation sites is 1. The van der Waals surface area contributed by atoms with Gasteiger partial charge in [-0.1, -0.05) is 42.1 Å². The minimum absolute atomic E-state index is 0.0815. The predicted octanol–water partition coefficient (Wildman–Crippen LogP) is 5.74. The van der Waals surface area contributed by atoms with E-state index in [1.807, 2.05) is 54.6 Å². The second-order valence-corrected chi connectivity index (χ2v) is 10.5. The van der Waals surface area contributed by atoms with Crippen LogP contribution in [-0.4, -0.2) is 11.4 Å². The first-order valence-corrected chi connectivity index (χ1v) is 12.0. The van der Waals surface area contributed by atoms with Gasteiger partial charge in [-0.05, 0) is 80.5 Å². The van der Waals surface area contributed by atoms with Crippen LogP contribution in [0.5, 0.6) is 0 Å². The molecule has 0 atom stereocenters. The van der Waals surface area contributed by atoms with E-state index in [-0.39, 0.29) is 17.0 Å². The van der Waals surface area contributed by atoms with Gasteiger partial charge in [0.25, 0.3) is 5.91 Å². The molecule has 158 valence electrons. The van der Waals surface area contributed by atoms with E-state index in [4.69, 9.17) is 0 Å². The molecule has 4 bridgehead atoms. The van der Waals surface area contributed by atoms with Crippen molar-refractivity contribution in [2.75, 3.05) is 5.32 Å². The molecule has 4 saturated carbocycles. The standard InChI is InChI=1S/C26H27N3OS/c27-16-21(17-28-26-13-18-10-19(14-26)12-20(11-18)15-26)25(30)29-23-8-4-5-9-24(23)31-22-6-2-1-3-7-22/h1-9,17-20,28H,10-15H2,(H,29,30)/b21-17-. The van der Waals surface area contributed by atoms with Gasteiger partial charge >= 0.3 is 0 Å². The van der Waals surface area contributed by atoms with Crippen LogP contribution in [0.1, 0.15) is 38.5 Å². The normalized spacial score (nSPS) is 28.7. The van der Waals surface area contributed by atoms with E-state index >= 15 is 0 Å². The van der Waals surface area contributed by atoms with E-state index < -0.39 is 0 Å². The molecule has 31 heavy (non-hydrogen) atoms. The Morgan fingerprint density at radius 1 is 0.968 bits per heavy atom. The molecule has 2 N–H and O–H groups in total. The van der Waals surface area contributed by atoms with Crippen LogP contribution in [-0.2, 0) is 4.79 Å². The first-order valence-electron chi connectivity index (χ1n) is 11.1. The summed E-state index contributed by atoms with van der Waals surface area (Å²) in [5, 5.41) is 16.2. The number of rotatable bonds is 6. The van der Waals surface area contributed by atoms with Crippen molar-refractivity contribution in [1.29, 1.82) is 5.26 Å². The topological polar surface area (TPSA) is 64.9 Å². The molecule has 0 radical (unpaired) electrons. The average molecular weight is 430 g/mol. The summed E-state index contributed by atoms with van der Waals surface area (Å²) in [7, 11) is 0. The summed E-state index contributed by atoms with van der Waals surface area (Å²) >= 11 is 1.59. The number of carbonyl (C=O) groups excluding carboxylic acids is 1. The molecule has 4 nitrogen and oxygen atoms in total. The second-order valence-electron chi connectivity index (χ2n) is 9.38. The van der Waals surface area contributed by atoms with Crippen LogP contribution in [0.4, 0.5) is 5.69 Å². The van der Waals surface area contributed by atoms with Crippen molar-refractivity contribution in [2.45, 2.75) is 53.9 Å². The molecule has 1 amide bonds. The minimum atomic E-state index is -0.360. The molecule has 0 aromatic heterocycles. The molecule has 6 rings (SSSR count). The molecule has 2 aromatic rings. The van der Waals surface area contributed by atoms with Gasteiger partial charge in [-0.2, -0.15) is 5.26 Å². The van der Waals surface area contributed by atoms with Crippen molar-refractivity contribution >= 4 is 23.4 Å². The van der Waals surface area contributed by atoms with Crippen LogP contribution < -0.4 is 10.6 Å². The molecule has 4 aliphatic carbocycles. The highest BCUT2D eigenvalue weighted by Gasteiger charge is 2.50. The summed E-state index contributed by atoms with van der Waals surface area (Å²) in [6.45, 7) is 0. The first kappa shape index (κ1) is 20.2. The third kappa shape index (κ3) is 4.36. The summed E-state index contributed by atoms with van der Waals surface area (Å²) in [6.07, 6.45) is 9.30. The lowest BCUT2D eigenvalue weighted by molar-refractivity contribution is -0.112. The van der Waals surface area contributed by atoms with Gasteiger partial charge < -0.3 is 10.6 Å². The number of anilines is 1. The van der Waals surface area contributed by atoms with E-state index in [1.54, 1.807) is 18.0 Å². The lowest BCUT2D eigenvalue weighted by Crippen LogP contribution is -2.57. The Labute approximate surface area is 188 Å². The third-order valence-electron chi connectivity index (χ3n) is 7.03. The third-order valence-corrected chi connectivity index (χ3v) is 8.12. The van der Waals surface area contributed by atoms with Crippen LogP contribution in [0.15, 0.2) is 76.2 Å². The van der Waals surface area contributed by atoms with E-state index in [0.29, 0.717) is 0 Å². The van der Waals surface area contributed by atoms with Crippen molar-refractivity contribution in [3.05, 3.63) is 66.4 Å². The van der Waals surface area contributed by atoms with Gasteiger partial charge in [0.2, 0.25) is 0 Å². The zero-order valence-corrected chi connectivity index (χ0v) is 18.3. The summed E-state index contributed by atoms with van der Waals surface area (Å²) in [6, 6.07) is 19.9. The Morgan fingerprint density at radius 3 is 2.23 bits per heavy atom. The van der Waals surface area contributed by atoms with Crippen LogP contribution in [0, 0.1) is 29.1 Å². The highest BCUT2D eigenvalue weighted by atomic mass is 32.2. The lowest BCUT2D eigenvalue weighted by atomic mass is 9.53. The van der Waals surface area contributed by atoms with E-state index in [9.17, 15) is 10.1 Å². The molecular formula is C26H27N3OS. The number of nitrogens with zero attached hydrogens (tertiary/aromatic N) is 1. The molecule has 2 aromatic carbocycles. The van der Waals surface area contributed by atoms with Crippen molar-refractivity contribution in [1.82, 2.24) is 5.32 Å². The number of hydrogen-bond acceptors (Lipinski definition) is 4. The number of hydrogen-bond donors (Lipinski definition) is 2. The van der Waals surface area contributed by atoms with E-state index in [1.165, 1.54) is 38.5 Å². The quantitative estimate of drug-likeness (QED) is 0.454. The Bertz CT molecular complexity index is 1000. The molecule has 0 saturated heterocycles. The minimum Gasteiger partial charge on any atom is -0.384 e. The summed E-state index contributed by atoms with van der Waals surface area (Å²) in [5.74, 6) is 2.08. The highest BCUT2D eigenvalue weighted by Crippen LogP contribution is 2.55. The maximum absolute atomic E-state index is 12.9.